The number of carbonyl (C=O) groups is 1. The number of benzene rings is 2. The molecular formula is C16H18N2O2. The normalized spacial score (nSPS) is 11.9. The Balaban J connectivity index is 1.95. The molecule has 0 saturated heterocycles. The lowest BCUT2D eigenvalue weighted by molar-refractivity contribution is -0.115. The lowest BCUT2D eigenvalue weighted by Crippen LogP contribution is -2.14. The van der Waals surface area contributed by atoms with Crippen LogP contribution < -0.4 is 11.1 Å². The van der Waals surface area contributed by atoms with E-state index in [1.807, 2.05) is 12.1 Å². The molecule has 0 radical (unpaired) electrons. The predicted molar refractivity (Wildman–Crippen MR) is 80.3 cm³/mol. The van der Waals surface area contributed by atoms with E-state index < -0.39 is 6.10 Å². The van der Waals surface area contributed by atoms with Crippen molar-refractivity contribution in [2.75, 3.05) is 11.1 Å². The van der Waals surface area contributed by atoms with Crippen molar-refractivity contribution < 1.29 is 9.90 Å². The highest BCUT2D eigenvalue weighted by Crippen LogP contribution is 2.16. The van der Waals surface area contributed by atoms with Crippen molar-refractivity contribution in [2.24, 2.45) is 0 Å². The summed E-state index contributed by atoms with van der Waals surface area (Å²) in [6.45, 7) is 1.70. The highest BCUT2D eigenvalue weighted by atomic mass is 16.3. The van der Waals surface area contributed by atoms with Crippen molar-refractivity contribution >= 4 is 17.3 Å². The van der Waals surface area contributed by atoms with Gasteiger partial charge in [-0.05, 0) is 42.3 Å². The standard InChI is InChI=1S/C16H18N2O2/c1-11(19)13-4-8-15(9-5-13)18-16(20)10-12-2-6-14(17)7-3-12/h2-9,11,19H,10,17H2,1H3,(H,18,20). The van der Waals surface area contributed by atoms with Gasteiger partial charge in [0, 0.05) is 11.4 Å². The van der Waals surface area contributed by atoms with Gasteiger partial charge in [0.05, 0.1) is 12.5 Å². The molecule has 0 aliphatic carbocycles. The molecule has 2 aromatic carbocycles. The van der Waals surface area contributed by atoms with Crippen LogP contribution in [0.15, 0.2) is 48.5 Å². The van der Waals surface area contributed by atoms with Crippen LogP contribution in [0.3, 0.4) is 0 Å². The molecule has 2 aromatic rings. The predicted octanol–water partition coefficient (Wildman–Crippen LogP) is 2.50. The Morgan fingerprint density at radius 3 is 2.30 bits per heavy atom. The van der Waals surface area contributed by atoms with Crippen LogP contribution in [-0.2, 0) is 11.2 Å². The lowest BCUT2D eigenvalue weighted by atomic mass is 10.1. The van der Waals surface area contributed by atoms with E-state index in [1.54, 1.807) is 43.3 Å². The van der Waals surface area contributed by atoms with Gasteiger partial charge in [0.15, 0.2) is 0 Å². The highest BCUT2D eigenvalue weighted by Gasteiger charge is 2.05. The van der Waals surface area contributed by atoms with Crippen molar-refractivity contribution in [3.8, 4) is 0 Å². The summed E-state index contributed by atoms with van der Waals surface area (Å²) in [4.78, 5) is 11.9. The minimum absolute atomic E-state index is 0.0837. The summed E-state index contributed by atoms with van der Waals surface area (Å²) in [6, 6.07) is 14.4. The Kier molecular flexibility index (Phi) is 4.38. The molecule has 1 amide bonds. The van der Waals surface area contributed by atoms with Crippen LogP contribution in [-0.4, -0.2) is 11.0 Å². The molecule has 4 N–H and O–H groups in total. The number of nitrogens with one attached hydrogen (secondary N) is 1. The molecule has 0 fully saturated rings. The van der Waals surface area contributed by atoms with Crippen molar-refractivity contribution in [1.82, 2.24) is 0 Å². The topological polar surface area (TPSA) is 75.3 Å². The molecular weight excluding hydrogens is 252 g/mol. The van der Waals surface area contributed by atoms with E-state index in [2.05, 4.69) is 5.32 Å². The Bertz CT molecular complexity index is 574. The van der Waals surface area contributed by atoms with E-state index in [0.717, 1.165) is 16.8 Å². The van der Waals surface area contributed by atoms with Crippen molar-refractivity contribution in [3.63, 3.8) is 0 Å². The maximum absolute atomic E-state index is 11.9. The minimum atomic E-state index is -0.505. The fourth-order valence-electron chi connectivity index (χ4n) is 1.87. The Hall–Kier alpha value is -2.33. The molecule has 2 rings (SSSR count). The first-order chi connectivity index (χ1) is 9.54. The summed E-state index contributed by atoms with van der Waals surface area (Å²) in [6.07, 6.45) is -0.201. The zero-order valence-electron chi connectivity index (χ0n) is 11.3. The van der Waals surface area contributed by atoms with Crippen LogP contribution in [0.4, 0.5) is 11.4 Å². The maximum Gasteiger partial charge on any atom is 0.228 e. The van der Waals surface area contributed by atoms with Gasteiger partial charge in [-0.2, -0.15) is 0 Å². The molecule has 0 aliphatic heterocycles. The van der Waals surface area contributed by atoms with Gasteiger partial charge in [-0.3, -0.25) is 4.79 Å². The Morgan fingerprint density at radius 1 is 1.15 bits per heavy atom. The molecule has 4 nitrogen and oxygen atoms in total. The average Bonchev–Trinajstić information content (AvgIpc) is 2.42. The SMILES string of the molecule is CC(O)c1ccc(NC(=O)Cc2ccc(N)cc2)cc1. The van der Waals surface area contributed by atoms with Crippen LogP contribution in [0.2, 0.25) is 0 Å². The third-order valence-corrected chi connectivity index (χ3v) is 3.02. The lowest BCUT2D eigenvalue weighted by Gasteiger charge is -2.08. The number of nitrogens with two attached hydrogens (primary N) is 1. The van der Waals surface area contributed by atoms with E-state index in [4.69, 9.17) is 5.73 Å². The molecule has 104 valence electrons. The van der Waals surface area contributed by atoms with E-state index in [0.29, 0.717) is 12.1 Å². The van der Waals surface area contributed by atoms with Gasteiger partial charge >= 0.3 is 0 Å². The number of rotatable bonds is 4. The summed E-state index contributed by atoms with van der Waals surface area (Å²) in [7, 11) is 0. The van der Waals surface area contributed by atoms with Gasteiger partial charge in [0.25, 0.3) is 0 Å². The number of carbonyl (C=O) groups excluding carboxylic acids is 1. The maximum atomic E-state index is 11.9. The van der Waals surface area contributed by atoms with E-state index in [-0.39, 0.29) is 5.91 Å². The Morgan fingerprint density at radius 2 is 1.75 bits per heavy atom. The third-order valence-electron chi connectivity index (χ3n) is 3.02. The van der Waals surface area contributed by atoms with E-state index in [1.165, 1.54) is 0 Å². The first-order valence-corrected chi connectivity index (χ1v) is 6.47. The summed E-state index contributed by atoms with van der Waals surface area (Å²) >= 11 is 0. The van der Waals surface area contributed by atoms with Gasteiger partial charge in [-0.15, -0.1) is 0 Å². The number of hydrogen-bond donors (Lipinski definition) is 3. The first kappa shape index (κ1) is 14.1. The minimum Gasteiger partial charge on any atom is -0.399 e. The molecule has 4 heteroatoms. The highest BCUT2D eigenvalue weighted by molar-refractivity contribution is 5.92. The summed E-state index contributed by atoms with van der Waals surface area (Å²) in [5.74, 6) is -0.0837. The molecule has 0 heterocycles. The van der Waals surface area contributed by atoms with Crippen LogP contribution in [0.1, 0.15) is 24.2 Å². The number of hydrogen-bond acceptors (Lipinski definition) is 3. The van der Waals surface area contributed by atoms with Gasteiger partial charge in [-0.25, -0.2) is 0 Å². The van der Waals surface area contributed by atoms with E-state index in [9.17, 15) is 9.90 Å². The monoisotopic (exact) mass is 270 g/mol. The molecule has 0 aliphatic rings. The van der Waals surface area contributed by atoms with Crippen LogP contribution in [0.25, 0.3) is 0 Å². The molecule has 0 bridgehead atoms. The second-order valence-electron chi connectivity index (χ2n) is 4.76. The quantitative estimate of drug-likeness (QED) is 0.747. The molecule has 1 atom stereocenters. The number of amides is 1. The number of anilines is 2. The van der Waals surface area contributed by atoms with Crippen molar-refractivity contribution in [3.05, 3.63) is 59.7 Å². The molecule has 0 saturated carbocycles. The zero-order valence-corrected chi connectivity index (χ0v) is 11.3. The molecule has 20 heavy (non-hydrogen) atoms. The second-order valence-corrected chi connectivity index (χ2v) is 4.76. The van der Waals surface area contributed by atoms with Crippen molar-refractivity contribution in [1.29, 1.82) is 0 Å². The summed E-state index contributed by atoms with van der Waals surface area (Å²) in [5.41, 5.74) is 8.73. The third kappa shape index (κ3) is 3.83. The smallest absolute Gasteiger partial charge is 0.228 e. The molecule has 1 unspecified atom stereocenters. The molecule has 0 spiro atoms. The second kappa shape index (κ2) is 6.21. The van der Waals surface area contributed by atoms with Crippen molar-refractivity contribution in [2.45, 2.75) is 19.4 Å². The molecule has 0 aromatic heterocycles. The number of aliphatic hydroxyl groups is 1. The first-order valence-electron chi connectivity index (χ1n) is 6.47. The Labute approximate surface area is 118 Å². The fourth-order valence-corrected chi connectivity index (χ4v) is 1.87. The fraction of sp³-hybridized carbons (Fsp3) is 0.188. The zero-order chi connectivity index (χ0) is 14.5. The van der Waals surface area contributed by atoms with Crippen LogP contribution >= 0.6 is 0 Å². The van der Waals surface area contributed by atoms with Gasteiger partial charge in [0.1, 0.15) is 0 Å². The van der Waals surface area contributed by atoms with Gasteiger partial charge in [-0.1, -0.05) is 24.3 Å². The average molecular weight is 270 g/mol. The van der Waals surface area contributed by atoms with Gasteiger partial charge in [0.2, 0.25) is 5.91 Å². The summed E-state index contributed by atoms with van der Waals surface area (Å²) in [5, 5.41) is 12.2. The number of aliphatic hydroxyl groups excluding tert-OH is 1. The number of nitrogen functional groups attached to an aromatic ring is 1. The van der Waals surface area contributed by atoms with E-state index >= 15 is 0 Å². The summed E-state index contributed by atoms with van der Waals surface area (Å²) < 4.78 is 0. The van der Waals surface area contributed by atoms with Crippen LogP contribution in [0.5, 0.6) is 0 Å². The van der Waals surface area contributed by atoms with Crippen LogP contribution in [0, 0.1) is 0 Å². The largest absolute Gasteiger partial charge is 0.399 e. The van der Waals surface area contributed by atoms with Gasteiger partial charge < -0.3 is 16.2 Å².